The summed E-state index contributed by atoms with van der Waals surface area (Å²) in [6, 6.07) is 3.72. The highest BCUT2D eigenvalue weighted by molar-refractivity contribution is 5.92. The number of aryl methyl sites for hydroxylation is 1. The third kappa shape index (κ3) is 3.24. The Bertz CT molecular complexity index is 728. The van der Waals surface area contributed by atoms with Gasteiger partial charge in [0, 0.05) is 45.8 Å². The van der Waals surface area contributed by atoms with Gasteiger partial charge in [-0.05, 0) is 30.9 Å². The standard InChI is InChI=1S/C18H25N5O/c1-21-7-2-3-16(21)18(24)20-12-15-11-19-17-6-8-22(9-10-23(15)17)13-14-4-5-14/h2-3,7,11,14H,4-6,8-10,12-13H2,1H3,(H,20,24). The number of carbonyl (C=O) groups is 1. The molecular formula is C18H25N5O. The van der Waals surface area contributed by atoms with E-state index in [4.69, 9.17) is 0 Å². The molecule has 3 heterocycles. The van der Waals surface area contributed by atoms with Crippen LogP contribution in [0.5, 0.6) is 0 Å². The van der Waals surface area contributed by atoms with Crippen LogP contribution in [0.15, 0.2) is 24.5 Å². The molecule has 1 aliphatic carbocycles. The minimum Gasteiger partial charge on any atom is -0.347 e. The van der Waals surface area contributed by atoms with Gasteiger partial charge >= 0.3 is 0 Å². The van der Waals surface area contributed by atoms with Crippen LogP contribution in [0.3, 0.4) is 0 Å². The number of nitrogens with zero attached hydrogens (tertiary/aromatic N) is 4. The molecule has 0 atom stereocenters. The number of hydrogen-bond acceptors (Lipinski definition) is 3. The predicted octanol–water partition coefficient (Wildman–Crippen LogP) is 1.42. The van der Waals surface area contributed by atoms with Crippen molar-refractivity contribution in [2.24, 2.45) is 13.0 Å². The maximum atomic E-state index is 12.3. The molecule has 2 aliphatic rings. The summed E-state index contributed by atoms with van der Waals surface area (Å²) in [5.41, 5.74) is 1.78. The zero-order chi connectivity index (χ0) is 16.5. The van der Waals surface area contributed by atoms with E-state index in [1.807, 2.05) is 36.1 Å². The Hall–Kier alpha value is -2.08. The van der Waals surface area contributed by atoms with Crippen LogP contribution in [0.25, 0.3) is 0 Å². The summed E-state index contributed by atoms with van der Waals surface area (Å²) in [6.07, 6.45) is 7.60. The highest BCUT2D eigenvalue weighted by Crippen LogP contribution is 2.30. The number of hydrogen-bond donors (Lipinski definition) is 1. The molecule has 0 radical (unpaired) electrons. The molecule has 2 aromatic heterocycles. The number of fused-ring (bicyclic) bond motifs is 1. The van der Waals surface area contributed by atoms with Gasteiger partial charge in [-0.25, -0.2) is 4.98 Å². The van der Waals surface area contributed by atoms with Gasteiger partial charge in [0.05, 0.1) is 18.4 Å². The van der Waals surface area contributed by atoms with E-state index >= 15 is 0 Å². The molecule has 1 fully saturated rings. The molecule has 6 heteroatoms. The first-order chi connectivity index (χ1) is 11.7. The van der Waals surface area contributed by atoms with Gasteiger partial charge < -0.3 is 19.4 Å². The second-order valence-electron chi connectivity index (χ2n) is 7.00. The van der Waals surface area contributed by atoms with E-state index < -0.39 is 0 Å². The highest BCUT2D eigenvalue weighted by Gasteiger charge is 2.26. The fourth-order valence-electron chi connectivity index (χ4n) is 3.49. The van der Waals surface area contributed by atoms with Crippen LogP contribution in [-0.2, 0) is 26.6 Å². The van der Waals surface area contributed by atoms with Gasteiger partial charge in [0.25, 0.3) is 5.91 Å². The quantitative estimate of drug-likeness (QED) is 0.904. The first-order valence-corrected chi connectivity index (χ1v) is 8.86. The molecular weight excluding hydrogens is 302 g/mol. The van der Waals surface area contributed by atoms with Crippen molar-refractivity contribution in [2.45, 2.75) is 32.4 Å². The van der Waals surface area contributed by atoms with Gasteiger partial charge in [-0.15, -0.1) is 0 Å². The molecule has 4 rings (SSSR count). The van der Waals surface area contributed by atoms with Gasteiger partial charge in [-0.2, -0.15) is 0 Å². The maximum absolute atomic E-state index is 12.3. The Morgan fingerprint density at radius 3 is 2.96 bits per heavy atom. The normalized spacial score (nSPS) is 18.2. The molecule has 0 spiro atoms. The summed E-state index contributed by atoms with van der Waals surface area (Å²) in [5, 5.41) is 3.02. The SMILES string of the molecule is Cn1cccc1C(=O)NCc1cnc2n1CCN(CC1CC1)CC2. The number of rotatable bonds is 5. The summed E-state index contributed by atoms with van der Waals surface area (Å²) < 4.78 is 4.13. The maximum Gasteiger partial charge on any atom is 0.268 e. The lowest BCUT2D eigenvalue weighted by Gasteiger charge is -2.19. The lowest BCUT2D eigenvalue weighted by Crippen LogP contribution is -2.29. The molecule has 1 N–H and O–H groups in total. The van der Waals surface area contributed by atoms with Crippen molar-refractivity contribution in [3.63, 3.8) is 0 Å². The van der Waals surface area contributed by atoms with Gasteiger partial charge in [-0.3, -0.25) is 4.79 Å². The van der Waals surface area contributed by atoms with Crippen LogP contribution in [-0.4, -0.2) is 44.6 Å². The second-order valence-corrected chi connectivity index (χ2v) is 7.00. The molecule has 1 saturated carbocycles. The summed E-state index contributed by atoms with van der Waals surface area (Å²) in [4.78, 5) is 19.4. The molecule has 1 aliphatic heterocycles. The average molecular weight is 327 g/mol. The summed E-state index contributed by atoms with van der Waals surface area (Å²) in [5.74, 6) is 2.04. The zero-order valence-corrected chi connectivity index (χ0v) is 14.2. The summed E-state index contributed by atoms with van der Waals surface area (Å²) >= 11 is 0. The van der Waals surface area contributed by atoms with Crippen molar-refractivity contribution >= 4 is 5.91 Å². The van der Waals surface area contributed by atoms with Crippen LogP contribution < -0.4 is 5.32 Å². The Morgan fingerprint density at radius 2 is 2.21 bits per heavy atom. The lowest BCUT2D eigenvalue weighted by atomic mass is 10.3. The van der Waals surface area contributed by atoms with E-state index in [0.29, 0.717) is 12.2 Å². The van der Waals surface area contributed by atoms with Gasteiger partial charge in [-0.1, -0.05) is 0 Å². The largest absolute Gasteiger partial charge is 0.347 e. The number of amides is 1. The number of carbonyl (C=O) groups excluding carboxylic acids is 1. The van der Waals surface area contributed by atoms with Crippen LogP contribution in [0, 0.1) is 5.92 Å². The van der Waals surface area contributed by atoms with Gasteiger partial charge in [0.2, 0.25) is 0 Å². The monoisotopic (exact) mass is 327 g/mol. The molecule has 0 aromatic carbocycles. The lowest BCUT2D eigenvalue weighted by molar-refractivity contribution is 0.0942. The van der Waals surface area contributed by atoms with E-state index in [0.717, 1.165) is 43.5 Å². The topological polar surface area (TPSA) is 55.1 Å². The number of nitrogens with one attached hydrogen (secondary N) is 1. The van der Waals surface area contributed by atoms with Crippen LogP contribution in [0.2, 0.25) is 0 Å². The number of aromatic nitrogens is 3. The Morgan fingerprint density at radius 1 is 1.33 bits per heavy atom. The van der Waals surface area contributed by atoms with Crippen molar-refractivity contribution in [3.05, 3.63) is 41.7 Å². The highest BCUT2D eigenvalue weighted by atomic mass is 16.1. The summed E-state index contributed by atoms with van der Waals surface area (Å²) in [6.45, 7) is 4.92. The molecule has 24 heavy (non-hydrogen) atoms. The predicted molar refractivity (Wildman–Crippen MR) is 91.7 cm³/mol. The zero-order valence-electron chi connectivity index (χ0n) is 14.2. The average Bonchev–Trinajstić information content (AvgIpc) is 3.22. The minimum absolute atomic E-state index is 0.0398. The van der Waals surface area contributed by atoms with Gasteiger partial charge in [0.15, 0.2) is 0 Å². The molecule has 0 bridgehead atoms. The Balaban J connectivity index is 1.38. The molecule has 2 aromatic rings. The van der Waals surface area contributed by atoms with Crippen molar-refractivity contribution in [1.29, 1.82) is 0 Å². The Labute approximate surface area is 142 Å². The Kier molecular flexibility index (Phi) is 4.14. The second kappa shape index (κ2) is 6.43. The smallest absolute Gasteiger partial charge is 0.268 e. The van der Waals surface area contributed by atoms with Crippen molar-refractivity contribution in [1.82, 2.24) is 24.3 Å². The van der Waals surface area contributed by atoms with Crippen molar-refractivity contribution in [3.8, 4) is 0 Å². The number of imidazole rings is 1. The molecule has 0 saturated heterocycles. The third-order valence-corrected chi connectivity index (χ3v) is 5.13. The molecule has 1 amide bonds. The van der Waals surface area contributed by atoms with Crippen molar-refractivity contribution < 1.29 is 4.79 Å². The molecule has 128 valence electrons. The molecule has 6 nitrogen and oxygen atoms in total. The fourth-order valence-corrected chi connectivity index (χ4v) is 3.49. The molecule has 0 unspecified atom stereocenters. The summed E-state index contributed by atoms with van der Waals surface area (Å²) in [7, 11) is 1.88. The van der Waals surface area contributed by atoms with Crippen molar-refractivity contribution in [2.75, 3.05) is 19.6 Å². The van der Waals surface area contributed by atoms with E-state index in [9.17, 15) is 4.79 Å². The van der Waals surface area contributed by atoms with E-state index in [1.54, 1.807) is 0 Å². The minimum atomic E-state index is -0.0398. The van der Waals surface area contributed by atoms with E-state index in [1.165, 1.54) is 19.4 Å². The first kappa shape index (κ1) is 15.4. The van der Waals surface area contributed by atoms with Crippen LogP contribution >= 0.6 is 0 Å². The fraction of sp³-hybridized carbons (Fsp3) is 0.556. The first-order valence-electron chi connectivity index (χ1n) is 8.86. The van der Waals surface area contributed by atoms with E-state index in [2.05, 4.69) is 19.8 Å². The van der Waals surface area contributed by atoms with Gasteiger partial charge in [0.1, 0.15) is 11.5 Å². The van der Waals surface area contributed by atoms with Crippen LogP contribution in [0.4, 0.5) is 0 Å². The van der Waals surface area contributed by atoms with E-state index in [-0.39, 0.29) is 5.91 Å². The van der Waals surface area contributed by atoms with Crippen LogP contribution in [0.1, 0.15) is 34.8 Å². The third-order valence-electron chi connectivity index (χ3n) is 5.13.